The van der Waals surface area contributed by atoms with E-state index in [-0.39, 0.29) is 10.6 Å². The van der Waals surface area contributed by atoms with Gasteiger partial charge in [0.15, 0.2) is 0 Å². The number of halogens is 2. The summed E-state index contributed by atoms with van der Waals surface area (Å²) in [5.74, 6) is -0.0408. The van der Waals surface area contributed by atoms with Gasteiger partial charge in [-0.05, 0) is 31.2 Å². The van der Waals surface area contributed by atoms with Crippen molar-refractivity contribution in [3.05, 3.63) is 63.9 Å². The predicted molar refractivity (Wildman–Crippen MR) is 73.2 cm³/mol. The maximum Gasteiger partial charge on any atom is 0.130 e. The van der Waals surface area contributed by atoms with Gasteiger partial charge in [-0.3, -0.25) is 0 Å². The van der Waals surface area contributed by atoms with Crippen LogP contribution in [0.25, 0.3) is 0 Å². The van der Waals surface area contributed by atoms with Crippen LogP contribution in [0, 0.1) is 12.7 Å². The first-order valence-electron chi connectivity index (χ1n) is 5.81. The molecule has 0 aliphatic carbocycles. The van der Waals surface area contributed by atoms with Crippen molar-refractivity contribution in [1.29, 1.82) is 0 Å². The first kappa shape index (κ1) is 13.8. The average molecular weight is 281 g/mol. The second-order valence-corrected chi connectivity index (χ2v) is 4.69. The van der Waals surface area contributed by atoms with E-state index in [9.17, 15) is 9.50 Å². The van der Waals surface area contributed by atoms with Crippen molar-refractivity contribution in [3.8, 4) is 5.75 Å². The molecule has 0 fully saturated rings. The van der Waals surface area contributed by atoms with E-state index in [2.05, 4.69) is 0 Å². The van der Waals surface area contributed by atoms with Crippen LogP contribution in [-0.4, -0.2) is 12.2 Å². The number of aliphatic hydroxyl groups is 1. The van der Waals surface area contributed by atoms with Crippen LogP contribution in [0.2, 0.25) is 5.02 Å². The molecular formula is C15H14ClFO2. The standard InChI is InChI=1S/C15H14ClFO2/c1-9-6-7-13(19-2)10(8-9)15(18)14-11(16)4-3-5-12(14)17/h3-8,15,18H,1-2H3. The van der Waals surface area contributed by atoms with Gasteiger partial charge >= 0.3 is 0 Å². The molecule has 0 saturated heterocycles. The van der Waals surface area contributed by atoms with Crippen molar-refractivity contribution < 1.29 is 14.2 Å². The zero-order valence-electron chi connectivity index (χ0n) is 10.7. The number of hydrogen-bond acceptors (Lipinski definition) is 2. The number of rotatable bonds is 3. The summed E-state index contributed by atoms with van der Waals surface area (Å²) in [4.78, 5) is 0. The van der Waals surface area contributed by atoms with Gasteiger partial charge in [0.25, 0.3) is 0 Å². The second-order valence-electron chi connectivity index (χ2n) is 4.28. The average Bonchev–Trinajstić information content (AvgIpc) is 2.38. The van der Waals surface area contributed by atoms with E-state index < -0.39 is 11.9 Å². The lowest BCUT2D eigenvalue weighted by molar-refractivity contribution is 0.209. The summed E-state index contributed by atoms with van der Waals surface area (Å²) in [6, 6.07) is 9.67. The van der Waals surface area contributed by atoms with Crippen molar-refractivity contribution in [1.82, 2.24) is 0 Å². The van der Waals surface area contributed by atoms with Crippen LogP contribution in [0.4, 0.5) is 4.39 Å². The topological polar surface area (TPSA) is 29.5 Å². The van der Waals surface area contributed by atoms with Gasteiger partial charge in [0.2, 0.25) is 0 Å². The van der Waals surface area contributed by atoms with Gasteiger partial charge in [-0.2, -0.15) is 0 Å². The van der Waals surface area contributed by atoms with E-state index in [1.807, 2.05) is 13.0 Å². The Morgan fingerprint density at radius 2 is 2.00 bits per heavy atom. The Balaban J connectivity index is 2.55. The lowest BCUT2D eigenvalue weighted by Crippen LogP contribution is -2.06. The van der Waals surface area contributed by atoms with E-state index in [0.717, 1.165) is 5.56 Å². The smallest absolute Gasteiger partial charge is 0.130 e. The highest BCUT2D eigenvalue weighted by Crippen LogP contribution is 2.35. The molecule has 4 heteroatoms. The largest absolute Gasteiger partial charge is 0.496 e. The molecule has 0 saturated carbocycles. The molecule has 2 aromatic carbocycles. The Morgan fingerprint density at radius 1 is 1.26 bits per heavy atom. The summed E-state index contributed by atoms with van der Waals surface area (Å²) < 4.78 is 19.0. The van der Waals surface area contributed by atoms with E-state index in [1.165, 1.54) is 19.2 Å². The third-order valence-electron chi connectivity index (χ3n) is 2.95. The Hall–Kier alpha value is -1.58. The van der Waals surface area contributed by atoms with Crippen LogP contribution in [0.15, 0.2) is 36.4 Å². The third kappa shape index (κ3) is 2.72. The molecule has 0 aromatic heterocycles. The highest BCUT2D eigenvalue weighted by Gasteiger charge is 2.21. The summed E-state index contributed by atoms with van der Waals surface area (Å²) in [6.07, 6.45) is -1.16. The predicted octanol–water partition coefficient (Wildman–Crippen LogP) is 3.88. The molecule has 0 heterocycles. The van der Waals surface area contributed by atoms with E-state index in [4.69, 9.17) is 16.3 Å². The molecule has 2 aromatic rings. The fourth-order valence-corrected chi connectivity index (χ4v) is 2.26. The lowest BCUT2D eigenvalue weighted by atomic mass is 9.98. The number of methoxy groups -OCH3 is 1. The van der Waals surface area contributed by atoms with Gasteiger partial charge in [-0.25, -0.2) is 4.39 Å². The summed E-state index contributed by atoms with van der Waals surface area (Å²) in [7, 11) is 1.50. The number of hydrogen-bond donors (Lipinski definition) is 1. The number of aryl methyl sites for hydroxylation is 1. The summed E-state index contributed by atoms with van der Waals surface area (Å²) in [5, 5.41) is 10.6. The minimum Gasteiger partial charge on any atom is -0.496 e. The molecule has 0 spiro atoms. The monoisotopic (exact) mass is 280 g/mol. The minimum atomic E-state index is -1.16. The first-order valence-corrected chi connectivity index (χ1v) is 6.19. The highest BCUT2D eigenvalue weighted by molar-refractivity contribution is 6.31. The molecule has 0 radical (unpaired) electrons. The molecular weight excluding hydrogens is 267 g/mol. The fourth-order valence-electron chi connectivity index (χ4n) is 1.99. The maximum absolute atomic E-state index is 13.8. The van der Waals surface area contributed by atoms with Crippen LogP contribution in [0.3, 0.4) is 0 Å². The van der Waals surface area contributed by atoms with Gasteiger partial charge in [0.05, 0.1) is 7.11 Å². The van der Waals surface area contributed by atoms with Crippen LogP contribution in [0.1, 0.15) is 22.8 Å². The summed E-state index contributed by atoms with van der Waals surface area (Å²) in [5.41, 5.74) is 1.50. The second kappa shape index (κ2) is 5.59. The number of benzene rings is 2. The molecule has 0 aliphatic heterocycles. The summed E-state index contributed by atoms with van der Waals surface area (Å²) >= 11 is 5.97. The van der Waals surface area contributed by atoms with E-state index in [1.54, 1.807) is 18.2 Å². The van der Waals surface area contributed by atoms with Gasteiger partial charge in [0.1, 0.15) is 17.7 Å². The Kier molecular flexibility index (Phi) is 4.08. The van der Waals surface area contributed by atoms with Crippen LogP contribution >= 0.6 is 11.6 Å². The van der Waals surface area contributed by atoms with Crippen molar-refractivity contribution >= 4 is 11.6 Å². The highest BCUT2D eigenvalue weighted by atomic mass is 35.5. The minimum absolute atomic E-state index is 0.0630. The zero-order valence-corrected chi connectivity index (χ0v) is 11.4. The van der Waals surface area contributed by atoms with Gasteiger partial charge in [-0.15, -0.1) is 0 Å². The molecule has 1 unspecified atom stereocenters. The van der Waals surface area contributed by atoms with Crippen LogP contribution in [0.5, 0.6) is 5.75 Å². The normalized spacial score (nSPS) is 12.3. The maximum atomic E-state index is 13.8. The number of aliphatic hydroxyl groups excluding tert-OH is 1. The lowest BCUT2D eigenvalue weighted by Gasteiger charge is -2.17. The van der Waals surface area contributed by atoms with Crippen LogP contribution in [-0.2, 0) is 0 Å². The summed E-state index contributed by atoms with van der Waals surface area (Å²) in [6.45, 7) is 1.89. The van der Waals surface area contributed by atoms with Crippen molar-refractivity contribution in [3.63, 3.8) is 0 Å². The fraction of sp³-hybridized carbons (Fsp3) is 0.200. The van der Waals surface area contributed by atoms with E-state index >= 15 is 0 Å². The third-order valence-corrected chi connectivity index (χ3v) is 3.28. The number of ether oxygens (including phenoxy) is 1. The van der Waals surface area contributed by atoms with Gasteiger partial charge in [-0.1, -0.05) is 29.3 Å². The van der Waals surface area contributed by atoms with Crippen molar-refractivity contribution in [2.75, 3.05) is 7.11 Å². The first-order chi connectivity index (χ1) is 9.04. The molecule has 19 heavy (non-hydrogen) atoms. The van der Waals surface area contributed by atoms with Crippen molar-refractivity contribution in [2.45, 2.75) is 13.0 Å². The molecule has 0 amide bonds. The molecule has 0 bridgehead atoms. The van der Waals surface area contributed by atoms with E-state index in [0.29, 0.717) is 11.3 Å². The zero-order chi connectivity index (χ0) is 14.0. The molecule has 2 nitrogen and oxygen atoms in total. The molecule has 1 atom stereocenters. The molecule has 0 aliphatic rings. The Bertz CT molecular complexity index is 578. The van der Waals surface area contributed by atoms with Crippen LogP contribution < -0.4 is 4.74 Å². The van der Waals surface area contributed by atoms with Gasteiger partial charge < -0.3 is 9.84 Å². The molecule has 1 N–H and O–H groups in total. The Morgan fingerprint density at radius 3 is 2.63 bits per heavy atom. The van der Waals surface area contributed by atoms with Crippen molar-refractivity contribution in [2.24, 2.45) is 0 Å². The SMILES string of the molecule is COc1ccc(C)cc1C(O)c1c(F)cccc1Cl. The Labute approximate surface area is 116 Å². The molecule has 100 valence electrons. The molecule has 2 rings (SSSR count). The quantitative estimate of drug-likeness (QED) is 0.924. The van der Waals surface area contributed by atoms with Gasteiger partial charge in [0, 0.05) is 16.1 Å².